The van der Waals surface area contributed by atoms with E-state index in [0.29, 0.717) is 12.5 Å². The Morgan fingerprint density at radius 1 is 1.45 bits per heavy atom. The summed E-state index contributed by atoms with van der Waals surface area (Å²) in [5.74, 6) is 1.41. The van der Waals surface area contributed by atoms with Gasteiger partial charge in [0.2, 0.25) is 0 Å². The number of thiazole rings is 1. The lowest BCUT2D eigenvalue weighted by atomic mass is 10.1. The van der Waals surface area contributed by atoms with E-state index >= 15 is 0 Å². The number of nitrogens with one attached hydrogen (secondary N) is 1. The highest BCUT2D eigenvalue weighted by atomic mass is 32.1. The number of rotatable bonds is 3. The zero-order chi connectivity index (χ0) is 13.5. The van der Waals surface area contributed by atoms with Crippen molar-refractivity contribution in [3.8, 4) is 0 Å². The normalized spacial score (nSPS) is 19.0. The van der Waals surface area contributed by atoms with Crippen LogP contribution in [0, 0.1) is 0 Å². The summed E-state index contributed by atoms with van der Waals surface area (Å²) in [5, 5.41) is 0. The van der Waals surface area contributed by atoms with E-state index in [1.807, 2.05) is 11.7 Å². The van der Waals surface area contributed by atoms with Gasteiger partial charge in [0.1, 0.15) is 5.82 Å². The molecule has 0 unspecified atom stereocenters. The fourth-order valence-electron chi connectivity index (χ4n) is 2.73. The summed E-state index contributed by atoms with van der Waals surface area (Å²) in [7, 11) is 0. The second kappa shape index (κ2) is 4.79. The molecule has 0 aromatic carbocycles. The molecule has 104 valence electrons. The lowest BCUT2D eigenvalue weighted by Crippen LogP contribution is -2.35. The molecule has 20 heavy (non-hydrogen) atoms. The summed E-state index contributed by atoms with van der Waals surface area (Å²) in [6, 6.07) is 0. The van der Waals surface area contributed by atoms with E-state index in [1.54, 1.807) is 11.3 Å². The molecule has 0 saturated heterocycles. The zero-order valence-corrected chi connectivity index (χ0v) is 11.9. The Hall–Kier alpha value is -1.53. The average Bonchev–Trinajstić information content (AvgIpc) is 3.18. The first-order valence-electron chi connectivity index (χ1n) is 7.01. The third-order valence-corrected chi connectivity index (χ3v) is 4.76. The van der Waals surface area contributed by atoms with E-state index in [9.17, 15) is 4.79 Å². The first-order chi connectivity index (χ1) is 9.79. The maximum absolute atomic E-state index is 12.2. The fraction of sp³-hybridized carbons (Fsp3) is 0.500. The van der Waals surface area contributed by atoms with Crippen LogP contribution in [-0.4, -0.2) is 26.4 Å². The summed E-state index contributed by atoms with van der Waals surface area (Å²) in [6.45, 7) is 2.53. The van der Waals surface area contributed by atoms with Crippen molar-refractivity contribution in [2.75, 3.05) is 6.54 Å². The Morgan fingerprint density at radius 3 is 3.10 bits per heavy atom. The van der Waals surface area contributed by atoms with Crippen LogP contribution in [0.2, 0.25) is 0 Å². The van der Waals surface area contributed by atoms with Crippen LogP contribution in [0.5, 0.6) is 0 Å². The van der Waals surface area contributed by atoms with Gasteiger partial charge in [-0.1, -0.05) is 0 Å². The van der Waals surface area contributed by atoms with Crippen LogP contribution in [0.1, 0.15) is 40.7 Å². The largest absolute Gasteiger partial charge is 0.310 e. The summed E-state index contributed by atoms with van der Waals surface area (Å²) < 4.78 is 0. The van der Waals surface area contributed by atoms with E-state index in [-0.39, 0.29) is 5.56 Å². The molecule has 1 fully saturated rings. The standard InChI is InChI=1S/C14H16N4OS/c19-14-11-7-18(6-10-5-15-8-20-10)4-3-12(11)16-13(17-14)9-1-2-9/h5,8-9H,1-4,6-7H2,(H,16,17,19). The molecule has 1 N–H and O–H groups in total. The third kappa shape index (κ3) is 2.29. The van der Waals surface area contributed by atoms with E-state index < -0.39 is 0 Å². The number of aromatic nitrogens is 3. The summed E-state index contributed by atoms with van der Waals surface area (Å²) in [6.07, 6.45) is 5.11. The molecule has 6 heteroatoms. The maximum Gasteiger partial charge on any atom is 0.255 e. The van der Waals surface area contributed by atoms with Gasteiger partial charge in [-0.3, -0.25) is 14.7 Å². The Kier molecular flexibility index (Phi) is 2.93. The summed E-state index contributed by atoms with van der Waals surface area (Å²) >= 11 is 1.66. The van der Waals surface area contributed by atoms with Gasteiger partial charge in [-0.15, -0.1) is 11.3 Å². The highest BCUT2D eigenvalue weighted by Gasteiger charge is 2.29. The van der Waals surface area contributed by atoms with Gasteiger partial charge in [0, 0.05) is 43.0 Å². The van der Waals surface area contributed by atoms with Crippen LogP contribution < -0.4 is 5.56 Å². The van der Waals surface area contributed by atoms with Crippen LogP contribution >= 0.6 is 11.3 Å². The van der Waals surface area contributed by atoms with Crippen molar-refractivity contribution in [2.24, 2.45) is 0 Å². The molecule has 0 radical (unpaired) electrons. The molecule has 2 aromatic heterocycles. The monoisotopic (exact) mass is 288 g/mol. The number of hydrogen-bond donors (Lipinski definition) is 1. The number of aromatic amines is 1. The first kappa shape index (κ1) is 12.2. The van der Waals surface area contributed by atoms with E-state index in [0.717, 1.165) is 36.6 Å². The van der Waals surface area contributed by atoms with E-state index in [1.165, 1.54) is 17.7 Å². The minimum absolute atomic E-state index is 0.0610. The molecule has 0 spiro atoms. The van der Waals surface area contributed by atoms with Gasteiger partial charge >= 0.3 is 0 Å². The number of nitrogens with zero attached hydrogens (tertiary/aromatic N) is 3. The molecule has 3 heterocycles. The van der Waals surface area contributed by atoms with Crippen LogP contribution in [-0.2, 0) is 19.5 Å². The van der Waals surface area contributed by atoms with Crippen LogP contribution in [0.25, 0.3) is 0 Å². The Morgan fingerprint density at radius 2 is 2.35 bits per heavy atom. The minimum atomic E-state index is 0.0610. The van der Waals surface area contributed by atoms with Crippen molar-refractivity contribution < 1.29 is 0 Å². The number of fused-ring (bicyclic) bond motifs is 1. The SMILES string of the molecule is O=c1[nH]c(C2CC2)nc2c1CN(Cc1cncs1)CC2. The van der Waals surface area contributed by atoms with Gasteiger partial charge in [0.25, 0.3) is 5.56 Å². The van der Waals surface area contributed by atoms with Crippen molar-refractivity contribution in [1.82, 2.24) is 19.9 Å². The van der Waals surface area contributed by atoms with Crippen molar-refractivity contribution in [3.05, 3.63) is 44.0 Å². The van der Waals surface area contributed by atoms with Gasteiger partial charge in [0.15, 0.2) is 0 Å². The molecule has 4 rings (SSSR count). The fourth-order valence-corrected chi connectivity index (χ4v) is 3.36. The average molecular weight is 288 g/mol. The Balaban J connectivity index is 1.58. The van der Waals surface area contributed by atoms with Gasteiger partial charge in [-0.2, -0.15) is 0 Å². The van der Waals surface area contributed by atoms with Crippen molar-refractivity contribution in [2.45, 2.75) is 38.3 Å². The van der Waals surface area contributed by atoms with Crippen LogP contribution in [0.4, 0.5) is 0 Å². The summed E-state index contributed by atoms with van der Waals surface area (Å²) in [5.41, 5.74) is 3.77. The Labute approximate surface area is 120 Å². The molecule has 1 aliphatic carbocycles. The third-order valence-electron chi connectivity index (χ3n) is 3.99. The van der Waals surface area contributed by atoms with Gasteiger partial charge in [-0.25, -0.2) is 4.98 Å². The molecular formula is C14H16N4OS. The topological polar surface area (TPSA) is 61.9 Å². The first-order valence-corrected chi connectivity index (χ1v) is 7.89. The number of hydrogen-bond acceptors (Lipinski definition) is 5. The quantitative estimate of drug-likeness (QED) is 0.933. The predicted molar refractivity (Wildman–Crippen MR) is 76.8 cm³/mol. The molecule has 0 atom stereocenters. The lowest BCUT2D eigenvalue weighted by molar-refractivity contribution is 0.243. The molecule has 2 aromatic rings. The van der Waals surface area contributed by atoms with E-state index in [2.05, 4.69) is 19.9 Å². The van der Waals surface area contributed by atoms with Gasteiger partial charge in [-0.05, 0) is 12.8 Å². The van der Waals surface area contributed by atoms with Crippen molar-refractivity contribution >= 4 is 11.3 Å². The van der Waals surface area contributed by atoms with Gasteiger partial charge in [0.05, 0.1) is 16.8 Å². The van der Waals surface area contributed by atoms with Crippen molar-refractivity contribution in [3.63, 3.8) is 0 Å². The predicted octanol–water partition coefficient (Wildman–Crippen LogP) is 1.66. The smallest absolute Gasteiger partial charge is 0.255 e. The molecule has 5 nitrogen and oxygen atoms in total. The minimum Gasteiger partial charge on any atom is -0.310 e. The van der Waals surface area contributed by atoms with Gasteiger partial charge < -0.3 is 4.98 Å². The van der Waals surface area contributed by atoms with Crippen LogP contribution in [0.15, 0.2) is 16.5 Å². The molecule has 0 bridgehead atoms. The summed E-state index contributed by atoms with van der Waals surface area (Å²) in [4.78, 5) is 27.5. The Bertz CT molecular complexity index is 675. The zero-order valence-electron chi connectivity index (χ0n) is 11.1. The van der Waals surface area contributed by atoms with E-state index in [4.69, 9.17) is 0 Å². The second-order valence-corrected chi connectivity index (χ2v) is 6.55. The highest BCUT2D eigenvalue weighted by Crippen LogP contribution is 2.37. The molecular weight excluding hydrogens is 272 g/mol. The molecule has 1 saturated carbocycles. The number of H-pyrrole nitrogens is 1. The molecule has 2 aliphatic rings. The highest BCUT2D eigenvalue weighted by molar-refractivity contribution is 7.09. The second-order valence-electron chi connectivity index (χ2n) is 5.58. The molecule has 0 amide bonds. The molecule has 1 aliphatic heterocycles. The van der Waals surface area contributed by atoms with Crippen LogP contribution in [0.3, 0.4) is 0 Å². The lowest BCUT2D eigenvalue weighted by Gasteiger charge is -2.27. The van der Waals surface area contributed by atoms with Crippen molar-refractivity contribution in [1.29, 1.82) is 0 Å². The maximum atomic E-state index is 12.2.